The van der Waals surface area contributed by atoms with Gasteiger partial charge < -0.3 is 14.8 Å². The van der Waals surface area contributed by atoms with Crippen LogP contribution < -0.4 is 10.1 Å². The van der Waals surface area contributed by atoms with Crippen molar-refractivity contribution in [2.45, 2.75) is 31.7 Å². The number of carbonyl (C=O) groups is 4. The van der Waals surface area contributed by atoms with Crippen LogP contribution in [0.2, 0.25) is 0 Å². The molecule has 3 aliphatic carbocycles. The first kappa shape index (κ1) is 24.9. The van der Waals surface area contributed by atoms with E-state index in [4.69, 9.17) is 9.47 Å². The van der Waals surface area contributed by atoms with Crippen LogP contribution >= 0.6 is 0 Å². The molecule has 39 heavy (non-hydrogen) atoms. The van der Waals surface area contributed by atoms with Crippen molar-refractivity contribution >= 4 is 29.4 Å². The van der Waals surface area contributed by atoms with Gasteiger partial charge in [-0.1, -0.05) is 60.7 Å². The number of nitrogens with zero attached hydrogens (tertiary/aromatic N) is 1. The first-order valence-electron chi connectivity index (χ1n) is 13.1. The van der Waals surface area contributed by atoms with E-state index in [-0.39, 0.29) is 23.7 Å². The van der Waals surface area contributed by atoms with Crippen molar-refractivity contribution in [1.82, 2.24) is 4.90 Å². The minimum Gasteiger partial charge on any atom is -0.492 e. The summed E-state index contributed by atoms with van der Waals surface area (Å²) in [6.07, 6.45) is 0. The highest BCUT2D eigenvalue weighted by Crippen LogP contribution is 2.61. The van der Waals surface area contributed by atoms with Crippen LogP contribution in [0.3, 0.4) is 0 Å². The number of imide groups is 1. The lowest BCUT2D eigenvalue weighted by atomic mass is 9.55. The van der Waals surface area contributed by atoms with Crippen LogP contribution in [0.25, 0.3) is 0 Å². The average Bonchev–Trinajstić information content (AvgIpc) is 3.22. The van der Waals surface area contributed by atoms with Crippen molar-refractivity contribution in [3.63, 3.8) is 0 Å². The standard InChI is InChI=1S/C31H28N2O6/c1-3-38-23-15-9-8-14-22(23)32-24(34)16-39-31(37)17(2)33-29(35)27-25-18-10-4-5-11-19(18)26(28(27)30(33)36)21-13-7-6-12-20(21)25/h4-15,17,25-28H,3,16H2,1-2H3,(H,32,34)/t17-,25?,26?,27-,28+/m0/s1. The number of ether oxygens (including phenoxy) is 2. The monoisotopic (exact) mass is 524 g/mol. The van der Waals surface area contributed by atoms with Gasteiger partial charge in [0.1, 0.15) is 11.8 Å². The van der Waals surface area contributed by atoms with Gasteiger partial charge in [-0.25, -0.2) is 4.79 Å². The van der Waals surface area contributed by atoms with Crippen molar-refractivity contribution in [2.24, 2.45) is 11.8 Å². The van der Waals surface area contributed by atoms with E-state index >= 15 is 0 Å². The fourth-order valence-electron chi connectivity index (χ4n) is 6.48. The molecule has 7 rings (SSSR count). The molecule has 0 aromatic heterocycles. The molecule has 8 heteroatoms. The Hall–Kier alpha value is -4.46. The predicted octanol–water partition coefficient (Wildman–Crippen LogP) is 3.85. The van der Waals surface area contributed by atoms with E-state index in [1.807, 2.05) is 55.5 Å². The van der Waals surface area contributed by atoms with Crippen molar-refractivity contribution in [1.29, 1.82) is 0 Å². The van der Waals surface area contributed by atoms with Crippen LogP contribution in [-0.2, 0) is 23.9 Å². The number of esters is 1. The molecule has 3 amide bonds. The summed E-state index contributed by atoms with van der Waals surface area (Å²) in [5.41, 5.74) is 4.70. The maximum atomic E-state index is 13.8. The summed E-state index contributed by atoms with van der Waals surface area (Å²) >= 11 is 0. The van der Waals surface area contributed by atoms with Crippen molar-refractivity contribution in [3.05, 3.63) is 95.1 Å². The lowest BCUT2D eigenvalue weighted by Crippen LogP contribution is -2.45. The van der Waals surface area contributed by atoms with Gasteiger partial charge in [0.2, 0.25) is 11.8 Å². The Balaban J connectivity index is 1.19. The summed E-state index contributed by atoms with van der Waals surface area (Å²) in [6.45, 7) is 3.17. The molecule has 2 bridgehead atoms. The summed E-state index contributed by atoms with van der Waals surface area (Å²) < 4.78 is 10.8. The van der Waals surface area contributed by atoms with Crippen molar-refractivity contribution in [2.75, 3.05) is 18.5 Å². The van der Waals surface area contributed by atoms with E-state index in [1.165, 1.54) is 6.92 Å². The first-order chi connectivity index (χ1) is 18.9. The van der Waals surface area contributed by atoms with Gasteiger partial charge in [0.15, 0.2) is 6.61 Å². The Morgan fingerprint density at radius 3 is 1.82 bits per heavy atom. The number of para-hydroxylation sites is 2. The van der Waals surface area contributed by atoms with Crippen LogP contribution in [-0.4, -0.2) is 47.8 Å². The minimum absolute atomic E-state index is 0.256. The lowest BCUT2D eigenvalue weighted by Gasteiger charge is -2.45. The van der Waals surface area contributed by atoms with Crippen LogP contribution in [0.5, 0.6) is 5.75 Å². The number of benzene rings is 3. The highest BCUT2D eigenvalue weighted by Gasteiger charge is 2.62. The van der Waals surface area contributed by atoms with Gasteiger partial charge in [-0.2, -0.15) is 0 Å². The predicted molar refractivity (Wildman–Crippen MR) is 142 cm³/mol. The Bertz CT molecular complexity index is 1380. The number of carbonyl (C=O) groups excluding carboxylic acids is 4. The summed E-state index contributed by atoms with van der Waals surface area (Å²) in [4.78, 5) is 54.1. The van der Waals surface area contributed by atoms with E-state index in [0.29, 0.717) is 18.0 Å². The van der Waals surface area contributed by atoms with E-state index in [2.05, 4.69) is 5.32 Å². The van der Waals surface area contributed by atoms with Gasteiger partial charge >= 0.3 is 5.97 Å². The number of anilines is 1. The number of likely N-dealkylation sites (tertiary alicyclic amines) is 1. The highest BCUT2D eigenvalue weighted by molar-refractivity contribution is 6.10. The second kappa shape index (κ2) is 9.69. The lowest BCUT2D eigenvalue weighted by molar-refractivity contribution is -0.159. The maximum absolute atomic E-state index is 13.8. The molecule has 1 aliphatic heterocycles. The highest BCUT2D eigenvalue weighted by atomic mass is 16.5. The molecule has 198 valence electrons. The van der Waals surface area contributed by atoms with E-state index in [0.717, 1.165) is 27.2 Å². The molecule has 1 fully saturated rings. The second-order valence-electron chi connectivity index (χ2n) is 10.1. The fraction of sp³-hybridized carbons (Fsp3) is 0.290. The molecule has 3 aromatic carbocycles. The summed E-state index contributed by atoms with van der Waals surface area (Å²) in [5.74, 6) is -3.29. The third-order valence-electron chi connectivity index (χ3n) is 8.02. The van der Waals surface area contributed by atoms with Crippen molar-refractivity contribution < 1.29 is 28.7 Å². The quantitative estimate of drug-likeness (QED) is 0.372. The van der Waals surface area contributed by atoms with Gasteiger partial charge in [0.05, 0.1) is 24.1 Å². The molecule has 1 heterocycles. The molecule has 1 N–H and O–H groups in total. The van der Waals surface area contributed by atoms with Gasteiger partial charge in [-0.05, 0) is 48.2 Å². The molecular weight excluding hydrogens is 496 g/mol. The molecule has 0 spiro atoms. The van der Waals surface area contributed by atoms with Gasteiger partial charge in [-0.15, -0.1) is 0 Å². The second-order valence-corrected chi connectivity index (χ2v) is 10.1. The van der Waals surface area contributed by atoms with Crippen LogP contribution in [0.15, 0.2) is 72.8 Å². The molecule has 0 unspecified atom stereocenters. The van der Waals surface area contributed by atoms with E-state index < -0.39 is 36.4 Å². The topological polar surface area (TPSA) is 102 Å². The molecule has 0 saturated carbocycles. The molecule has 0 radical (unpaired) electrons. The average molecular weight is 525 g/mol. The van der Waals surface area contributed by atoms with Crippen LogP contribution in [0.1, 0.15) is 47.9 Å². The SMILES string of the molecule is CCOc1ccccc1NC(=O)COC(=O)[C@H](C)N1C(=O)[C@@H]2C3c4ccccc4C(c4ccccc43)[C@@H]2C1=O. The third kappa shape index (κ3) is 3.90. The number of hydrogen-bond acceptors (Lipinski definition) is 6. The summed E-state index contributed by atoms with van der Waals surface area (Å²) in [5, 5.41) is 2.67. The first-order valence-corrected chi connectivity index (χ1v) is 13.1. The summed E-state index contributed by atoms with van der Waals surface area (Å²) in [7, 11) is 0. The zero-order valence-electron chi connectivity index (χ0n) is 21.6. The minimum atomic E-state index is -1.16. The summed E-state index contributed by atoms with van der Waals surface area (Å²) in [6, 6.07) is 21.7. The Morgan fingerprint density at radius 2 is 1.31 bits per heavy atom. The van der Waals surface area contributed by atoms with Gasteiger partial charge in [0.25, 0.3) is 5.91 Å². The van der Waals surface area contributed by atoms with Gasteiger partial charge in [0, 0.05) is 11.8 Å². The normalized spacial score (nSPS) is 23.0. The maximum Gasteiger partial charge on any atom is 0.329 e. The fourth-order valence-corrected chi connectivity index (χ4v) is 6.48. The molecular formula is C31H28N2O6. The Labute approximate surface area is 225 Å². The molecule has 3 aromatic rings. The number of rotatable bonds is 7. The zero-order valence-corrected chi connectivity index (χ0v) is 21.6. The van der Waals surface area contributed by atoms with Gasteiger partial charge in [-0.3, -0.25) is 19.3 Å². The van der Waals surface area contributed by atoms with Crippen LogP contribution in [0, 0.1) is 11.8 Å². The molecule has 1 saturated heterocycles. The third-order valence-corrected chi connectivity index (χ3v) is 8.02. The molecule has 8 nitrogen and oxygen atoms in total. The largest absolute Gasteiger partial charge is 0.492 e. The smallest absolute Gasteiger partial charge is 0.329 e. The van der Waals surface area contributed by atoms with E-state index in [9.17, 15) is 19.2 Å². The number of hydrogen-bond donors (Lipinski definition) is 1. The zero-order chi connectivity index (χ0) is 27.3. The molecule has 4 aliphatic rings. The number of nitrogens with one attached hydrogen (secondary N) is 1. The number of amides is 3. The van der Waals surface area contributed by atoms with E-state index in [1.54, 1.807) is 24.3 Å². The van der Waals surface area contributed by atoms with Crippen LogP contribution in [0.4, 0.5) is 5.69 Å². The Kier molecular flexibility index (Phi) is 6.17. The Morgan fingerprint density at radius 1 is 0.821 bits per heavy atom. The van der Waals surface area contributed by atoms with Crippen molar-refractivity contribution in [3.8, 4) is 5.75 Å². The molecule has 3 atom stereocenters.